The first-order valence-electron chi connectivity index (χ1n) is 10.3. The van der Waals surface area contributed by atoms with Crippen molar-refractivity contribution in [3.8, 4) is 0 Å². The van der Waals surface area contributed by atoms with Gasteiger partial charge in [-0.3, -0.25) is 0 Å². The third-order valence-corrected chi connectivity index (χ3v) is 4.85. The zero-order chi connectivity index (χ0) is 22.3. The molecule has 8 heteroatoms. The molecule has 0 radical (unpaired) electrons. The second-order valence-corrected chi connectivity index (χ2v) is 8.56. The van der Waals surface area contributed by atoms with Crippen LogP contribution in [-0.4, -0.2) is 56.0 Å². The maximum absolute atomic E-state index is 14.7. The molecule has 2 rings (SSSR count). The third kappa shape index (κ3) is 7.16. The topological polar surface area (TPSA) is 77.1 Å². The smallest absolute Gasteiger partial charge is 0.410 e. The van der Waals surface area contributed by atoms with E-state index in [-0.39, 0.29) is 31.0 Å². The van der Waals surface area contributed by atoms with Crippen LogP contribution in [0.1, 0.15) is 50.8 Å². The van der Waals surface area contributed by atoms with Crippen molar-refractivity contribution in [2.24, 2.45) is 5.92 Å². The molecular formula is C22H33FN2O5. The molecular weight excluding hydrogens is 391 g/mol. The van der Waals surface area contributed by atoms with Gasteiger partial charge in [-0.25, -0.2) is 14.0 Å². The van der Waals surface area contributed by atoms with Crippen LogP contribution in [-0.2, 0) is 14.2 Å². The molecule has 0 spiro atoms. The predicted octanol–water partition coefficient (Wildman–Crippen LogP) is 4.19. The van der Waals surface area contributed by atoms with Crippen LogP contribution in [0.25, 0.3) is 0 Å². The molecule has 1 saturated heterocycles. The van der Waals surface area contributed by atoms with Crippen molar-refractivity contribution in [2.45, 2.75) is 52.2 Å². The minimum Gasteiger partial charge on any atom is -0.453 e. The number of benzene rings is 1. The quantitative estimate of drug-likeness (QED) is 0.693. The molecule has 1 heterocycles. The van der Waals surface area contributed by atoms with E-state index in [9.17, 15) is 14.0 Å². The fourth-order valence-electron chi connectivity index (χ4n) is 3.52. The molecule has 7 nitrogen and oxygen atoms in total. The van der Waals surface area contributed by atoms with Crippen molar-refractivity contribution < 1.29 is 28.2 Å². The highest BCUT2D eigenvalue weighted by atomic mass is 19.1. The lowest BCUT2D eigenvalue weighted by molar-refractivity contribution is -0.0258. The van der Waals surface area contributed by atoms with Gasteiger partial charge < -0.3 is 24.4 Å². The van der Waals surface area contributed by atoms with E-state index in [1.807, 2.05) is 27.7 Å². The van der Waals surface area contributed by atoms with E-state index in [1.165, 1.54) is 13.2 Å². The molecule has 2 amide bonds. The number of hydrogen-bond acceptors (Lipinski definition) is 5. The lowest BCUT2D eigenvalue weighted by Gasteiger charge is -2.37. The molecule has 0 unspecified atom stereocenters. The van der Waals surface area contributed by atoms with E-state index in [2.05, 4.69) is 10.1 Å². The van der Waals surface area contributed by atoms with Gasteiger partial charge in [-0.05, 0) is 46.6 Å². The van der Waals surface area contributed by atoms with Crippen LogP contribution < -0.4 is 5.32 Å². The molecule has 0 aliphatic carbocycles. The average Bonchev–Trinajstić information content (AvgIpc) is 2.68. The molecule has 0 aromatic heterocycles. The number of amides is 2. The van der Waals surface area contributed by atoms with Crippen LogP contribution in [0, 0.1) is 18.7 Å². The Morgan fingerprint density at radius 2 is 2.07 bits per heavy atom. The fraction of sp³-hybridized carbons (Fsp3) is 0.636. The standard InChI is InChI=1S/C22H33FN2O5/c1-15-8-9-18(23)17(13-15)19(29-12-10-24-20(26)28-5)16-7-6-11-25(14-16)21(27)30-22(2,3)4/h8-9,13,16,19H,6-7,10-12,14H2,1-5H3,(H,24,26)/t16-,19-/m1/s1. The number of hydrogen-bond donors (Lipinski definition) is 1. The summed E-state index contributed by atoms with van der Waals surface area (Å²) < 4.78 is 30.8. The van der Waals surface area contributed by atoms with Gasteiger partial charge in [0, 0.05) is 31.1 Å². The van der Waals surface area contributed by atoms with Crippen molar-refractivity contribution in [3.05, 3.63) is 35.1 Å². The first-order chi connectivity index (χ1) is 14.1. The van der Waals surface area contributed by atoms with Gasteiger partial charge in [0.25, 0.3) is 0 Å². The van der Waals surface area contributed by atoms with Crippen LogP contribution in [0.3, 0.4) is 0 Å². The first-order valence-corrected chi connectivity index (χ1v) is 10.3. The van der Waals surface area contributed by atoms with Gasteiger partial charge in [-0.2, -0.15) is 0 Å². The normalized spacial score (nSPS) is 17.9. The van der Waals surface area contributed by atoms with Gasteiger partial charge in [-0.15, -0.1) is 0 Å². The maximum atomic E-state index is 14.7. The summed E-state index contributed by atoms with van der Waals surface area (Å²) >= 11 is 0. The number of aryl methyl sites for hydroxylation is 1. The Balaban J connectivity index is 2.15. The van der Waals surface area contributed by atoms with E-state index >= 15 is 0 Å². The van der Waals surface area contributed by atoms with Crippen molar-refractivity contribution >= 4 is 12.2 Å². The minimum atomic E-state index is -0.581. The SMILES string of the molecule is COC(=O)NCCO[C@@H](c1cc(C)ccc1F)[C@@H]1CCCN(C(=O)OC(C)(C)C)C1. The van der Waals surface area contributed by atoms with Crippen molar-refractivity contribution in [2.75, 3.05) is 33.4 Å². The Morgan fingerprint density at radius 1 is 1.33 bits per heavy atom. The Hall–Kier alpha value is -2.35. The van der Waals surface area contributed by atoms with E-state index < -0.39 is 17.8 Å². The molecule has 168 valence electrons. The number of nitrogens with zero attached hydrogens (tertiary/aromatic N) is 1. The molecule has 1 aliphatic rings. The van der Waals surface area contributed by atoms with E-state index in [1.54, 1.807) is 17.0 Å². The Bertz CT molecular complexity index is 735. The average molecular weight is 425 g/mol. The lowest BCUT2D eigenvalue weighted by Crippen LogP contribution is -2.44. The molecule has 1 aromatic rings. The third-order valence-electron chi connectivity index (χ3n) is 4.85. The van der Waals surface area contributed by atoms with Gasteiger partial charge in [0.05, 0.1) is 19.8 Å². The number of nitrogens with one attached hydrogen (secondary N) is 1. The summed E-state index contributed by atoms with van der Waals surface area (Å²) in [6.07, 6.45) is 0.0996. The summed E-state index contributed by atoms with van der Waals surface area (Å²) in [5.41, 5.74) is 0.805. The molecule has 1 aliphatic heterocycles. The number of carbonyl (C=O) groups excluding carboxylic acids is 2. The molecule has 1 aromatic carbocycles. The summed E-state index contributed by atoms with van der Waals surface area (Å²) in [6.45, 7) is 8.82. The molecule has 0 bridgehead atoms. The first kappa shape index (κ1) is 23.9. The van der Waals surface area contributed by atoms with Gasteiger partial charge in [0.2, 0.25) is 0 Å². The number of piperidine rings is 1. The Morgan fingerprint density at radius 3 is 2.73 bits per heavy atom. The number of carbonyl (C=O) groups is 2. The Labute approximate surface area is 177 Å². The van der Waals surface area contributed by atoms with Crippen molar-refractivity contribution in [1.29, 1.82) is 0 Å². The number of alkyl carbamates (subject to hydrolysis) is 1. The highest BCUT2D eigenvalue weighted by molar-refractivity contribution is 5.68. The second-order valence-electron chi connectivity index (χ2n) is 8.56. The van der Waals surface area contributed by atoms with Crippen molar-refractivity contribution in [1.82, 2.24) is 10.2 Å². The van der Waals surface area contributed by atoms with Gasteiger partial charge >= 0.3 is 12.2 Å². The molecule has 1 N–H and O–H groups in total. The van der Waals surface area contributed by atoms with Crippen molar-refractivity contribution in [3.63, 3.8) is 0 Å². The van der Waals surface area contributed by atoms with Crippen LogP contribution in [0.5, 0.6) is 0 Å². The summed E-state index contributed by atoms with van der Waals surface area (Å²) in [6, 6.07) is 4.92. The molecule has 0 saturated carbocycles. The van der Waals surface area contributed by atoms with Crippen LogP contribution in [0.4, 0.5) is 14.0 Å². The summed E-state index contributed by atoms with van der Waals surface area (Å²) in [5, 5.41) is 2.56. The highest BCUT2D eigenvalue weighted by Gasteiger charge is 2.34. The number of halogens is 1. The van der Waals surface area contributed by atoms with E-state index in [0.717, 1.165) is 18.4 Å². The number of likely N-dealkylation sites (tertiary alicyclic amines) is 1. The summed E-state index contributed by atoms with van der Waals surface area (Å²) in [7, 11) is 1.29. The Kier molecular flexibility index (Phi) is 8.46. The van der Waals surface area contributed by atoms with Crippen LogP contribution in [0.15, 0.2) is 18.2 Å². The van der Waals surface area contributed by atoms with Crippen LogP contribution >= 0.6 is 0 Å². The minimum absolute atomic E-state index is 0.0966. The lowest BCUT2D eigenvalue weighted by atomic mass is 9.87. The van der Waals surface area contributed by atoms with E-state index in [0.29, 0.717) is 18.7 Å². The van der Waals surface area contributed by atoms with Gasteiger partial charge in [0.1, 0.15) is 11.4 Å². The fourth-order valence-corrected chi connectivity index (χ4v) is 3.52. The zero-order valence-electron chi connectivity index (χ0n) is 18.5. The van der Waals surface area contributed by atoms with Gasteiger partial charge in [-0.1, -0.05) is 17.7 Å². The van der Waals surface area contributed by atoms with Crippen LogP contribution in [0.2, 0.25) is 0 Å². The number of ether oxygens (including phenoxy) is 3. The van der Waals surface area contributed by atoms with E-state index in [4.69, 9.17) is 9.47 Å². The zero-order valence-corrected chi connectivity index (χ0v) is 18.5. The number of methoxy groups -OCH3 is 1. The molecule has 30 heavy (non-hydrogen) atoms. The second kappa shape index (κ2) is 10.6. The summed E-state index contributed by atoms with van der Waals surface area (Å²) in [5.74, 6) is -0.443. The number of rotatable bonds is 6. The highest BCUT2D eigenvalue weighted by Crippen LogP contribution is 2.35. The molecule has 1 fully saturated rings. The molecule has 2 atom stereocenters. The largest absolute Gasteiger partial charge is 0.453 e. The summed E-state index contributed by atoms with van der Waals surface area (Å²) in [4.78, 5) is 25.5. The predicted molar refractivity (Wildman–Crippen MR) is 111 cm³/mol. The maximum Gasteiger partial charge on any atom is 0.410 e. The monoisotopic (exact) mass is 424 g/mol. The van der Waals surface area contributed by atoms with Gasteiger partial charge in [0.15, 0.2) is 0 Å².